The SMILES string of the molecule is CN(C)CC(C)(O)CNC(=O)COc1ccc(Br)cc1Cl. The summed E-state index contributed by atoms with van der Waals surface area (Å²) in [5.41, 5.74) is -0.992. The standard InChI is InChI=1S/C14H20BrClN2O3/c1-14(20,9-18(2)3)8-17-13(19)7-21-12-5-4-10(15)6-11(12)16/h4-6,20H,7-9H2,1-3H3,(H,17,19). The predicted octanol–water partition coefficient (Wildman–Crippen LogP) is 1.91. The molecule has 7 heteroatoms. The van der Waals surface area contributed by atoms with Gasteiger partial charge in [-0.3, -0.25) is 4.79 Å². The molecular weight excluding hydrogens is 360 g/mol. The van der Waals surface area contributed by atoms with E-state index in [1.165, 1.54) is 0 Å². The first-order valence-corrected chi connectivity index (χ1v) is 7.58. The molecule has 0 aliphatic carbocycles. The van der Waals surface area contributed by atoms with E-state index in [0.717, 1.165) is 4.47 Å². The summed E-state index contributed by atoms with van der Waals surface area (Å²) in [6.07, 6.45) is 0. The van der Waals surface area contributed by atoms with Crippen LogP contribution in [0.25, 0.3) is 0 Å². The van der Waals surface area contributed by atoms with Gasteiger partial charge in [-0.15, -0.1) is 0 Å². The number of benzene rings is 1. The average Bonchev–Trinajstić information content (AvgIpc) is 2.34. The number of nitrogens with one attached hydrogen (secondary N) is 1. The molecule has 0 heterocycles. The third kappa shape index (κ3) is 7.13. The van der Waals surface area contributed by atoms with E-state index >= 15 is 0 Å². The number of likely N-dealkylation sites (N-methyl/N-ethyl adjacent to an activating group) is 1. The van der Waals surface area contributed by atoms with Gasteiger partial charge in [-0.25, -0.2) is 0 Å². The molecule has 1 unspecified atom stereocenters. The van der Waals surface area contributed by atoms with Crippen molar-refractivity contribution in [3.05, 3.63) is 27.7 Å². The lowest BCUT2D eigenvalue weighted by atomic mass is 10.1. The molecule has 0 bridgehead atoms. The summed E-state index contributed by atoms with van der Waals surface area (Å²) in [5, 5.41) is 13.1. The summed E-state index contributed by atoms with van der Waals surface area (Å²) < 4.78 is 6.18. The molecule has 0 aliphatic rings. The van der Waals surface area contributed by atoms with Crippen molar-refractivity contribution in [1.82, 2.24) is 10.2 Å². The Bertz CT molecular complexity index is 495. The molecule has 1 rings (SSSR count). The van der Waals surface area contributed by atoms with E-state index < -0.39 is 5.60 Å². The zero-order valence-electron chi connectivity index (χ0n) is 12.3. The van der Waals surface area contributed by atoms with Crippen LogP contribution < -0.4 is 10.1 Å². The van der Waals surface area contributed by atoms with Gasteiger partial charge in [0.05, 0.1) is 10.6 Å². The Balaban J connectivity index is 2.41. The van der Waals surface area contributed by atoms with Crippen molar-refractivity contribution in [2.75, 3.05) is 33.8 Å². The third-order valence-electron chi connectivity index (χ3n) is 2.58. The summed E-state index contributed by atoms with van der Waals surface area (Å²) >= 11 is 9.28. The van der Waals surface area contributed by atoms with Crippen LogP contribution in [0.1, 0.15) is 6.92 Å². The maximum atomic E-state index is 11.7. The van der Waals surface area contributed by atoms with Crippen molar-refractivity contribution in [3.63, 3.8) is 0 Å². The van der Waals surface area contributed by atoms with Crippen molar-refractivity contribution in [2.45, 2.75) is 12.5 Å². The first-order chi connectivity index (χ1) is 9.69. The number of halogens is 2. The number of hydrogen-bond acceptors (Lipinski definition) is 4. The largest absolute Gasteiger partial charge is 0.482 e. The second-order valence-corrected chi connectivity index (χ2v) is 6.70. The normalized spacial score (nSPS) is 13.9. The van der Waals surface area contributed by atoms with Gasteiger partial charge in [0.15, 0.2) is 6.61 Å². The van der Waals surface area contributed by atoms with E-state index in [2.05, 4.69) is 21.2 Å². The topological polar surface area (TPSA) is 61.8 Å². The van der Waals surface area contributed by atoms with Crippen molar-refractivity contribution < 1.29 is 14.6 Å². The molecule has 0 saturated heterocycles. The number of nitrogens with zero attached hydrogens (tertiary/aromatic N) is 1. The van der Waals surface area contributed by atoms with E-state index in [9.17, 15) is 9.90 Å². The minimum atomic E-state index is -0.992. The summed E-state index contributed by atoms with van der Waals surface area (Å²) in [5.74, 6) is 0.128. The minimum Gasteiger partial charge on any atom is -0.482 e. The lowest BCUT2D eigenvalue weighted by Gasteiger charge is -2.27. The summed E-state index contributed by atoms with van der Waals surface area (Å²) in [4.78, 5) is 13.6. The molecule has 5 nitrogen and oxygen atoms in total. The van der Waals surface area contributed by atoms with E-state index in [0.29, 0.717) is 17.3 Å². The molecule has 0 saturated carbocycles. The predicted molar refractivity (Wildman–Crippen MR) is 86.8 cm³/mol. The van der Waals surface area contributed by atoms with Gasteiger partial charge >= 0.3 is 0 Å². The van der Waals surface area contributed by atoms with Gasteiger partial charge in [0.1, 0.15) is 5.75 Å². The Hall–Kier alpha value is -0.820. The summed E-state index contributed by atoms with van der Waals surface area (Å²) in [7, 11) is 3.71. The average molecular weight is 380 g/mol. The van der Waals surface area contributed by atoms with E-state index in [-0.39, 0.29) is 19.1 Å². The van der Waals surface area contributed by atoms with Crippen molar-refractivity contribution in [2.24, 2.45) is 0 Å². The van der Waals surface area contributed by atoms with E-state index in [4.69, 9.17) is 16.3 Å². The van der Waals surface area contributed by atoms with Crippen LogP contribution in [-0.2, 0) is 4.79 Å². The smallest absolute Gasteiger partial charge is 0.258 e. The van der Waals surface area contributed by atoms with Crippen LogP contribution in [0.15, 0.2) is 22.7 Å². The number of aliphatic hydroxyl groups is 1. The Kier molecular flexibility index (Phi) is 6.93. The molecule has 1 atom stereocenters. The molecule has 118 valence electrons. The minimum absolute atomic E-state index is 0.153. The molecule has 21 heavy (non-hydrogen) atoms. The highest BCUT2D eigenvalue weighted by molar-refractivity contribution is 9.10. The fourth-order valence-corrected chi connectivity index (χ4v) is 2.54. The molecule has 1 aromatic rings. The van der Waals surface area contributed by atoms with Crippen LogP contribution in [0.4, 0.5) is 0 Å². The molecule has 1 aromatic carbocycles. The Morgan fingerprint density at radius 3 is 2.76 bits per heavy atom. The number of rotatable bonds is 7. The number of ether oxygens (including phenoxy) is 1. The molecule has 1 amide bonds. The first-order valence-electron chi connectivity index (χ1n) is 6.41. The highest BCUT2D eigenvalue weighted by Crippen LogP contribution is 2.27. The van der Waals surface area contributed by atoms with Gasteiger partial charge in [0.2, 0.25) is 0 Å². The summed E-state index contributed by atoms with van der Waals surface area (Å²) in [6, 6.07) is 5.15. The van der Waals surface area contributed by atoms with Gasteiger partial charge in [-0.05, 0) is 39.2 Å². The summed E-state index contributed by atoms with van der Waals surface area (Å²) in [6.45, 7) is 2.12. The molecule has 2 N–H and O–H groups in total. The van der Waals surface area contributed by atoms with Crippen LogP contribution in [-0.4, -0.2) is 55.3 Å². The van der Waals surface area contributed by atoms with Gasteiger partial charge in [0.25, 0.3) is 5.91 Å². The van der Waals surface area contributed by atoms with Crippen LogP contribution in [0.2, 0.25) is 5.02 Å². The molecule has 0 aromatic heterocycles. The molecule has 0 spiro atoms. The van der Waals surface area contributed by atoms with Crippen LogP contribution in [0.3, 0.4) is 0 Å². The maximum absolute atomic E-state index is 11.7. The van der Waals surface area contributed by atoms with Crippen LogP contribution in [0.5, 0.6) is 5.75 Å². The van der Waals surface area contributed by atoms with E-state index in [1.807, 2.05) is 19.0 Å². The van der Waals surface area contributed by atoms with Crippen molar-refractivity contribution in [3.8, 4) is 5.75 Å². The van der Waals surface area contributed by atoms with Crippen molar-refractivity contribution >= 4 is 33.4 Å². The number of hydrogen-bond donors (Lipinski definition) is 2. The van der Waals surface area contributed by atoms with Gasteiger partial charge < -0.3 is 20.1 Å². The highest BCUT2D eigenvalue weighted by Gasteiger charge is 2.22. The first kappa shape index (κ1) is 18.2. The van der Waals surface area contributed by atoms with Crippen LogP contribution >= 0.6 is 27.5 Å². The fraction of sp³-hybridized carbons (Fsp3) is 0.500. The molecule has 0 radical (unpaired) electrons. The number of carbonyl (C=O) groups excluding carboxylic acids is 1. The lowest BCUT2D eigenvalue weighted by Crippen LogP contribution is -2.47. The molecule has 0 fully saturated rings. The molecule has 0 aliphatic heterocycles. The highest BCUT2D eigenvalue weighted by atomic mass is 79.9. The monoisotopic (exact) mass is 378 g/mol. The van der Waals surface area contributed by atoms with Crippen LogP contribution in [0, 0.1) is 0 Å². The maximum Gasteiger partial charge on any atom is 0.258 e. The van der Waals surface area contributed by atoms with Gasteiger partial charge in [-0.2, -0.15) is 0 Å². The fourth-order valence-electron chi connectivity index (χ4n) is 1.81. The van der Waals surface area contributed by atoms with Crippen molar-refractivity contribution in [1.29, 1.82) is 0 Å². The van der Waals surface area contributed by atoms with Gasteiger partial charge in [-0.1, -0.05) is 27.5 Å². The second-order valence-electron chi connectivity index (χ2n) is 5.37. The quantitative estimate of drug-likeness (QED) is 0.760. The second kappa shape index (κ2) is 7.98. The number of carbonyl (C=O) groups is 1. The Labute approximate surface area is 138 Å². The Morgan fingerprint density at radius 1 is 1.52 bits per heavy atom. The van der Waals surface area contributed by atoms with E-state index in [1.54, 1.807) is 25.1 Å². The zero-order valence-corrected chi connectivity index (χ0v) is 14.7. The lowest BCUT2D eigenvalue weighted by molar-refractivity contribution is -0.124. The molecular formula is C14H20BrClN2O3. The van der Waals surface area contributed by atoms with Gasteiger partial charge in [0, 0.05) is 17.6 Å². The Morgan fingerprint density at radius 2 is 2.19 bits per heavy atom. The zero-order chi connectivity index (χ0) is 16.0. The number of amides is 1. The third-order valence-corrected chi connectivity index (χ3v) is 3.36.